The molecule has 0 fully saturated rings. The third-order valence-corrected chi connectivity index (χ3v) is 7.28. The molecule has 2 aromatic heterocycles. The third-order valence-electron chi connectivity index (χ3n) is 4.30. The quantitative estimate of drug-likeness (QED) is 0.521. The van der Waals surface area contributed by atoms with Crippen LogP contribution < -0.4 is 5.32 Å². The van der Waals surface area contributed by atoms with E-state index in [1.54, 1.807) is 30.4 Å². The van der Waals surface area contributed by atoms with Crippen LogP contribution in [0.25, 0.3) is 5.65 Å². The number of sulfonamides is 1. The van der Waals surface area contributed by atoms with Gasteiger partial charge in [0.15, 0.2) is 10.8 Å². The molecule has 0 aliphatic rings. The first-order chi connectivity index (χ1) is 14.0. The molecule has 0 radical (unpaired) electrons. The SMILES string of the molecule is CCN(CC)S(=O)(=O)c1ccc2nnc(SCCC(=O)Nc3ccccc3)n2c1. The number of carbonyl (C=O) groups excluding carboxylic acids is 1. The van der Waals surface area contributed by atoms with Crippen molar-refractivity contribution in [1.82, 2.24) is 18.9 Å². The Morgan fingerprint density at radius 3 is 2.52 bits per heavy atom. The van der Waals surface area contributed by atoms with Crippen molar-refractivity contribution in [1.29, 1.82) is 0 Å². The average molecular weight is 434 g/mol. The van der Waals surface area contributed by atoms with E-state index in [1.807, 2.05) is 30.3 Å². The first kappa shape index (κ1) is 21.3. The molecule has 0 spiro atoms. The van der Waals surface area contributed by atoms with Crippen molar-refractivity contribution in [3.8, 4) is 0 Å². The van der Waals surface area contributed by atoms with Gasteiger partial charge in [0.2, 0.25) is 15.9 Å². The van der Waals surface area contributed by atoms with Gasteiger partial charge in [-0.05, 0) is 24.3 Å². The van der Waals surface area contributed by atoms with Gasteiger partial charge in [-0.15, -0.1) is 10.2 Å². The van der Waals surface area contributed by atoms with Crippen molar-refractivity contribution in [3.05, 3.63) is 48.7 Å². The van der Waals surface area contributed by atoms with Gasteiger partial charge in [-0.3, -0.25) is 9.20 Å². The second-order valence-corrected chi connectivity index (χ2v) is 9.18. The fourth-order valence-corrected chi connectivity index (χ4v) is 5.10. The van der Waals surface area contributed by atoms with Gasteiger partial charge in [-0.25, -0.2) is 8.42 Å². The Morgan fingerprint density at radius 2 is 1.83 bits per heavy atom. The van der Waals surface area contributed by atoms with Gasteiger partial charge in [0.05, 0.1) is 4.90 Å². The van der Waals surface area contributed by atoms with Crippen LogP contribution in [0.3, 0.4) is 0 Å². The molecule has 10 heteroatoms. The minimum Gasteiger partial charge on any atom is -0.326 e. The molecule has 2 heterocycles. The first-order valence-electron chi connectivity index (χ1n) is 9.28. The monoisotopic (exact) mass is 433 g/mol. The molecule has 3 aromatic rings. The fourth-order valence-electron chi connectivity index (χ4n) is 2.79. The molecule has 3 rings (SSSR count). The van der Waals surface area contributed by atoms with Crippen LogP contribution in [-0.2, 0) is 14.8 Å². The van der Waals surface area contributed by atoms with E-state index in [9.17, 15) is 13.2 Å². The Kier molecular flexibility index (Phi) is 6.88. The summed E-state index contributed by atoms with van der Waals surface area (Å²) in [6.45, 7) is 4.41. The first-order valence-corrected chi connectivity index (χ1v) is 11.7. The molecule has 1 amide bonds. The molecule has 8 nitrogen and oxygen atoms in total. The lowest BCUT2D eigenvalue weighted by Gasteiger charge is -2.18. The summed E-state index contributed by atoms with van der Waals surface area (Å²) in [6, 6.07) is 12.4. The van der Waals surface area contributed by atoms with Gasteiger partial charge in [0, 0.05) is 37.1 Å². The number of aromatic nitrogens is 3. The van der Waals surface area contributed by atoms with Crippen molar-refractivity contribution in [2.24, 2.45) is 0 Å². The smallest absolute Gasteiger partial charge is 0.244 e. The van der Waals surface area contributed by atoms with Crippen molar-refractivity contribution in [2.45, 2.75) is 30.3 Å². The summed E-state index contributed by atoms with van der Waals surface area (Å²) in [5, 5.41) is 11.6. The molecular weight excluding hydrogens is 410 g/mol. The van der Waals surface area contributed by atoms with E-state index >= 15 is 0 Å². The number of carbonyl (C=O) groups is 1. The van der Waals surface area contributed by atoms with E-state index in [1.165, 1.54) is 22.3 Å². The Hall–Kier alpha value is -2.43. The average Bonchev–Trinajstić information content (AvgIpc) is 3.12. The number of amides is 1. The Balaban J connectivity index is 1.69. The molecular formula is C19H23N5O3S2. The number of anilines is 1. The summed E-state index contributed by atoms with van der Waals surface area (Å²) in [7, 11) is -3.57. The lowest BCUT2D eigenvalue weighted by molar-refractivity contribution is -0.115. The Bertz CT molecular complexity index is 1080. The van der Waals surface area contributed by atoms with E-state index in [-0.39, 0.29) is 10.8 Å². The van der Waals surface area contributed by atoms with Crippen LogP contribution in [0.5, 0.6) is 0 Å². The van der Waals surface area contributed by atoms with Crippen LogP contribution >= 0.6 is 11.8 Å². The Labute approximate surface area is 174 Å². The molecule has 0 bridgehead atoms. The zero-order valence-corrected chi connectivity index (χ0v) is 17.9. The second-order valence-electron chi connectivity index (χ2n) is 6.18. The maximum absolute atomic E-state index is 12.8. The van der Waals surface area contributed by atoms with E-state index in [4.69, 9.17) is 0 Å². The number of hydrogen-bond acceptors (Lipinski definition) is 6. The van der Waals surface area contributed by atoms with Gasteiger partial charge >= 0.3 is 0 Å². The van der Waals surface area contributed by atoms with Crippen LogP contribution in [-0.4, -0.2) is 52.1 Å². The maximum Gasteiger partial charge on any atom is 0.244 e. The number of para-hydroxylation sites is 1. The highest BCUT2D eigenvalue weighted by Crippen LogP contribution is 2.22. The molecule has 29 heavy (non-hydrogen) atoms. The summed E-state index contributed by atoms with van der Waals surface area (Å²) in [5.74, 6) is 0.397. The molecule has 0 unspecified atom stereocenters. The van der Waals surface area contributed by atoms with E-state index < -0.39 is 10.0 Å². The molecule has 0 saturated heterocycles. The molecule has 1 N–H and O–H groups in total. The third kappa shape index (κ3) is 4.95. The maximum atomic E-state index is 12.8. The predicted molar refractivity (Wildman–Crippen MR) is 114 cm³/mol. The minimum absolute atomic E-state index is 0.0951. The standard InChI is InChI=1S/C19H23N5O3S2/c1-3-23(4-2)29(26,27)16-10-11-17-21-22-19(24(17)14-16)28-13-12-18(25)20-15-8-6-5-7-9-15/h5-11,14H,3-4,12-13H2,1-2H3,(H,20,25). The van der Waals surface area contributed by atoms with Gasteiger partial charge in [-0.1, -0.05) is 43.8 Å². The number of thioether (sulfide) groups is 1. The second kappa shape index (κ2) is 9.38. The topological polar surface area (TPSA) is 96.7 Å². The largest absolute Gasteiger partial charge is 0.326 e. The van der Waals surface area contributed by atoms with E-state index in [2.05, 4.69) is 15.5 Å². The van der Waals surface area contributed by atoms with Crippen LogP contribution in [0.2, 0.25) is 0 Å². The van der Waals surface area contributed by atoms with Crippen LogP contribution in [0.4, 0.5) is 5.69 Å². The molecule has 154 valence electrons. The zero-order valence-electron chi connectivity index (χ0n) is 16.3. The molecule has 1 aromatic carbocycles. The lowest BCUT2D eigenvalue weighted by Crippen LogP contribution is -2.30. The summed E-state index contributed by atoms with van der Waals surface area (Å²) < 4.78 is 28.6. The van der Waals surface area contributed by atoms with Crippen molar-refractivity contribution >= 4 is 39.0 Å². The summed E-state index contributed by atoms with van der Waals surface area (Å²) in [5.41, 5.74) is 1.31. The van der Waals surface area contributed by atoms with Crippen molar-refractivity contribution in [2.75, 3.05) is 24.2 Å². The number of hydrogen-bond donors (Lipinski definition) is 1. The summed E-state index contributed by atoms with van der Waals surface area (Å²) in [6.07, 6.45) is 1.83. The minimum atomic E-state index is -3.57. The normalized spacial score (nSPS) is 11.8. The number of nitrogens with zero attached hydrogens (tertiary/aromatic N) is 4. The number of fused-ring (bicyclic) bond motifs is 1. The van der Waals surface area contributed by atoms with E-state index in [0.29, 0.717) is 36.1 Å². The molecule has 0 aliphatic heterocycles. The molecule has 0 atom stereocenters. The summed E-state index contributed by atoms with van der Waals surface area (Å²) in [4.78, 5) is 12.3. The fraction of sp³-hybridized carbons (Fsp3) is 0.316. The van der Waals surface area contributed by atoms with Gasteiger partial charge in [-0.2, -0.15) is 4.31 Å². The van der Waals surface area contributed by atoms with Gasteiger partial charge in [0.25, 0.3) is 0 Å². The van der Waals surface area contributed by atoms with Gasteiger partial charge < -0.3 is 5.32 Å². The van der Waals surface area contributed by atoms with Crippen LogP contribution in [0.15, 0.2) is 58.7 Å². The highest BCUT2D eigenvalue weighted by atomic mass is 32.2. The summed E-state index contributed by atoms with van der Waals surface area (Å²) >= 11 is 1.35. The lowest BCUT2D eigenvalue weighted by atomic mass is 10.3. The Morgan fingerprint density at radius 1 is 1.10 bits per heavy atom. The predicted octanol–water partition coefficient (Wildman–Crippen LogP) is 2.88. The van der Waals surface area contributed by atoms with Gasteiger partial charge in [0.1, 0.15) is 0 Å². The molecule has 0 aliphatic carbocycles. The van der Waals surface area contributed by atoms with Crippen molar-refractivity contribution in [3.63, 3.8) is 0 Å². The number of pyridine rings is 1. The van der Waals surface area contributed by atoms with Crippen molar-refractivity contribution < 1.29 is 13.2 Å². The highest BCUT2D eigenvalue weighted by molar-refractivity contribution is 7.99. The highest BCUT2D eigenvalue weighted by Gasteiger charge is 2.22. The number of nitrogens with one attached hydrogen (secondary N) is 1. The van der Waals surface area contributed by atoms with Crippen LogP contribution in [0.1, 0.15) is 20.3 Å². The van der Waals surface area contributed by atoms with E-state index in [0.717, 1.165) is 5.69 Å². The number of rotatable bonds is 9. The van der Waals surface area contributed by atoms with Crippen LogP contribution in [0, 0.1) is 0 Å². The zero-order chi connectivity index (χ0) is 20.9. The number of benzene rings is 1. The molecule has 0 saturated carbocycles.